The topological polar surface area (TPSA) is 63.7 Å². The molecule has 1 aliphatic carbocycles. The van der Waals surface area contributed by atoms with Crippen molar-refractivity contribution >= 4 is 23.5 Å². The van der Waals surface area contributed by atoms with Crippen molar-refractivity contribution in [3.05, 3.63) is 64.2 Å². The summed E-state index contributed by atoms with van der Waals surface area (Å²) in [5.74, 6) is 0.105. The second-order valence-corrected chi connectivity index (χ2v) is 9.77. The van der Waals surface area contributed by atoms with Crippen molar-refractivity contribution in [2.75, 3.05) is 4.90 Å². The van der Waals surface area contributed by atoms with E-state index >= 15 is 0 Å². The number of carbonyl (C=O) groups is 3. The summed E-state index contributed by atoms with van der Waals surface area (Å²) in [6.07, 6.45) is 2.94. The van der Waals surface area contributed by atoms with Crippen LogP contribution in [-0.4, -0.2) is 23.9 Å². The number of amides is 2. The third-order valence-corrected chi connectivity index (χ3v) is 6.95. The van der Waals surface area contributed by atoms with Gasteiger partial charge in [0, 0.05) is 0 Å². The summed E-state index contributed by atoms with van der Waals surface area (Å²) in [5, 5.41) is 0. The zero-order valence-electron chi connectivity index (χ0n) is 19.5. The molecule has 168 valence electrons. The van der Waals surface area contributed by atoms with E-state index in [1.807, 2.05) is 32.0 Å². The fourth-order valence-corrected chi connectivity index (χ4v) is 5.00. The Morgan fingerprint density at radius 1 is 1.00 bits per heavy atom. The molecule has 0 unspecified atom stereocenters. The molecule has 0 N–H and O–H groups in total. The molecule has 32 heavy (non-hydrogen) atoms. The molecule has 2 aromatic rings. The van der Waals surface area contributed by atoms with Gasteiger partial charge in [-0.25, -0.2) is 9.69 Å². The highest BCUT2D eigenvalue weighted by Crippen LogP contribution is 2.36. The van der Waals surface area contributed by atoms with E-state index in [4.69, 9.17) is 4.74 Å². The maximum atomic E-state index is 13.2. The second-order valence-electron chi connectivity index (χ2n) is 9.77. The van der Waals surface area contributed by atoms with Gasteiger partial charge in [-0.05, 0) is 79.8 Å². The number of rotatable bonds is 4. The van der Waals surface area contributed by atoms with E-state index in [1.165, 1.54) is 11.0 Å². The van der Waals surface area contributed by atoms with Crippen molar-refractivity contribution in [2.24, 2.45) is 17.8 Å². The number of hydrogen-bond donors (Lipinski definition) is 0. The van der Waals surface area contributed by atoms with Gasteiger partial charge >= 0.3 is 5.97 Å². The molecular weight excluding hydrogens is 402 g/mol. The van der Waals surface area contributed by atoms with Gasteiger partial charge in [0.05, 0.1) is 22.4 Å². The molecule has 0 spiro atoms. The lowest BCUT2D eigenvalue weighted by Gasteiger charge is -2.36. The van der Waals surface area contributed by atoms with Crippen molar-refractivity contribution in [3.8, 4) is 0 Å². The lowest BCUT2D eigenvalue weighted by molar-refractivity contribution is -0.0174. The molecular formula is C27H31NO4. The van der Waals surface area contributed by atoms with Gasteiger partial charge in [0.15, 0.2) is 0 Å². The summed E-state index contributed by atoms with van der Waals surface area (Å²) in [7, 11) is 0. The molecule has 1 aliphatic heterocycles. The van der Waals surface area contributed by atoms with Crippen LogP contribution in [0.15, 0.2) is 36.4 Å². The van der Waals surface area contributed by atoms with Gasteiger partial charge in [-0.2, -0.15) is 0 Å². The minimum Gasteiger partial charge on any atom is -0.458 e. The average molecular weight is 434 g/mol. The lowest BCUT2D eigenvalue weighted by atomic mass is 9.75. The summed E-state index contributed by atoms with van der Waals surface area (Å²) in [6.45, 7) is 10.3. The number of esters is 1. The van der Waals surface area contributed by atoms with Crippen LogP contribution in [0, 0.1) is 31.6 Å². The third kappa shape index (κ3) is 3.96. The maximum Gasteiger partial charge on any atom is 0.338 e. The number of aryl methyl sites for hydroxylation is 2. The Morgan fingerprint density at radius 3 is 2.44 bits per heavy atom. The SMILES string of the molecule is Cc1ccc(C)c(N2C(=O)c3ccc(C(=O)O[C@H]4C[C@@H](C)CC[C@H]4C(C)C)cc3C2=O)c1. The van der Waals surface area contributed by atoms with Gasteiger partial charge in [-0.15, -0.1) is 0 Å². The Hall–Kier alpha value is -2.95. The van der Waals surface area contributed by atoms with Crippen LogP contribution >= 0.6 is 0 Å². The van der Waals surface area contributed by atoms with E-state index in [1.54, 1.807) is 12.1 Å². The minimum atomic E-state index is -0.428. The molecule has 0 radical (unpaired) electrons. The zero-order valence-corrected chi connectivity index (χ0v) is 19.5. The fourth-order valence-electron chi connectivity index (χ4n) is 5.00. The van der Waals surface area contributed by atoms with E-state index < -0.39 is 11.9 Å². The molecule has 2 aromatic carbocycles. The highest BCUT2D eigenvalue weighted by Gasteiger charge is 2.39. The van der Waals surface area contributed by atoms with Gasteiger partial charge < -0.3 is 4.74 Å². The minimum absolute atomic E-state index is 0.122. The summed E-state index contributed by atoms with van der Waals surface area (Å²) in [6, 6.07) is 10.4. The molecule has 1 heterocycles. The molecule has 1 saturated carbocycles. The predicted octanol–water partition coefficient (Wildman–Crippen LogP) is 5.72. The Balaban J connectivity index is 1.60. The Morgan fingerprint density at radius 2 is 1.72 bits per heavy atom. The molecule has 4 rings (SSSR count). The number of nitrogens with zero attached hydrogens (tertiary/aromatic N) is 1. The van der Waals surface area contributed by atoms with E-state index in [0.717, 1.165) is 30.4 Å². The predicted molar refractivity (Wildman–Crippen MR) is 124 cm³/mol. The molecule has 0 bridgehead atoms. The molecule has 2 aliphatic rings. The van der Waals surface area contributed by atoms with Crippen LogP contribution in [0.4, 0.5) is 5.69 Å². The highest BCUT2D eigenvalue weighted by molar-refractivity contribution is 6.35. The van der Waals surface area contributed by atoms with Crippen LogP contribution in [0.25, 0.3) is 0 Å². The number of fused-ring (bicyclic) bond motifs is 1. The Bertz CT molecular complexity index is 1090. The van der Waals surface area contributed by atoms with E-state index in [-0.39, 0.29) is 17.6 Å². The molecule has 1 fully saturated rings. The van der Waals surface area contributed by atoms with Crippen molar-refractivity contribution in [1.82, 2.24) is 0 Å². The number of ether oxygens (including phenoxy) is 1. The van der Waals surface area contributed by atoms with E-state index in [9.17, 15) is 14.4 Å². The first-order valence-corrected chi connectivity index (χ1v) is 11.5. The molecule has 5 nitrogen and oxygen atoms in total. The van der Waals surface area contributed by atoms with E-state index in [0.29, 0.717) is 34.6 Å². The smallest absolute Gasteiger partial charge is 0.338 e. The maximum absolute atomic E-state index is 13.2. The molecule has 5 heteroatoms. The first kappa shape index (κ1) is 22.3. The number of hydrogen-bond acceptors (Lipinski definition) is 4. The molecule has 0 saturated heterocycles. The average Bonchev–Trinajstić information content (AvgIpc) is 2.99. The number of anilines is 1. The zero-order chi connectivity index (χ0) is 23.2. The first-order chi connectivity index (χ1) is 15.2. The Labute approximate surface area is 189 Å². The van der Waals surface area contributed by atoms with Crippen molar-refractivity contribution in [3.63, 3.8) is 0 Å². The largest absolute Gasteiger partial charge is 0.458 e. The molecule has 0 aromatic heterocycles. The van der Waals surface area contributed by atoms with Crippen LogP contribution < -0.4 is 4.90 Å². The number of imide groups is 1. The number of benzene rings is 2. The van der Waals surface area contributed by atoms with E-state index in [2.05, 4.69) is 20.8 Å². The second kappa shape index (κ2) is 8.53. The van der Waals surface area contributed by atoms with Crippen molar-refractivity contribution < 1.29 is 19.1 Å². The highest BCUT2D eigenvalue weighted by atomic mass is 16.5. The summed E-state index contributed by atoms with van der Waals surface area (Å²) < 4.78 is 5.94. The molecule has 3 atom stereocenters. The number of carbonyl (C=O) groups excluding carboxylic acids is 3. The quantitative estimate of drug-likeness (QED) is 0.457. The monoisotopic (exact) mass is 433 g/mol. The standard InChI is InChI=1S/C27H31NO4/c1-15(2)20-10-7-17(4)13-24(20)32-27(31)19-9-11-21-22(14-19)26(30)28(25(21)29)23-12-16(3)6-8-18(23)5/h6,8-9,11-12,14-15,17,20,24H,7,10,13H2,1-5H3/t17-,20-,24-/m0/s1. The normalized spacial score (nSPS) is 22.9. The van der Waals surface area contributed by atoms with Crippen LogP contribution in [0.5, 0.6) is 0 Å². The summed E-state index contributed by atoms with van der Waals surface area (Å²) in [4.78, 5) is 40.4. The van der Waals surface area contributed by atoms with Gasteiger partial charge in [-0.1, -0.05) is 39.3 Å². The van der Waals surface area contributed by atoms with Crippen LogP contribution in [0.3, 0.4) is 0 Å². The van der Waals surface area contributed by atoms with Gasteiger partial charge in [-0.3, -0.25) is 9.59 Å². The molecule has 2 amide bonds. The first-order valence-electron chi connectivity index (χ1n) is 11.5. The van der Waals surface area contributed by atoms with Crippen LogP contribution in [0.2, 0.25) is 0 Å². The lowest BCUT2D eigenvalue weighted by Crippen LogP contribution is -2.35. The van der Waals surface area contributed by atoms with Gasteiger partial charge in [0.25, 0.3) is 11.8 Å². The fraction of sp³-hybridized carbons (Fsp3) is 0.444. The van der Waals surface area contributed by atoms with Crippen LogP contribution in [-0.2, 0) is 4.74 Å². The summed E-state index contributed by atoms with van der Waals surface area (Å²) in [5.41, 5.74) is 3.27. The van der Waals surface area contributed by atoms with Crippen molar-refractivity contribution in [1.29, 1.82) is 0 Å². The van der Waals surface area contributed by atoms with Gasteiger partial charge in [0.1, 0.15) is 6.10 Å². The Kier molecular flexibility index (Phi) is 5.93. The third-order valence-electron chi connectivity index (χ3n) is 6.95. The van der Waals surface area contributed by atoms with Gasteiger partial charge in [0.2, 0.25) is 0 Å². The van der Waals surface area contributed by atoms with Crippen LogP contribution in [0.1, 0.15) is 82.2 Å². The summed E-state index contributed by atoms with van der Waals surface area (Å²) >= 11 is 0. The van der Waals surface area contributed by atoms with Crippen molar-refractivity contribution in [2.45, 2.75) is 60.0 Å².